The van der Waals surface area contributed by atoms with Gasteiger partial charge in [-0.1, -0.05) is 33.9 Å². The van der Waals surface area contributed by atoms with E-state index < -0.39 is 16.4 Å². The molecule has 120 valence electrons. The minimum atomic E-state index is -1.89. The van der Waals surface area contributed by atoms with E-state index in [1.807, 2.05) is 0 Å². The second-order valence-corrected chi connectivity index (χ2v) is 16.8. The van der Waals surface area contributed by atoms with E-state index in [-0.39, 0.29) is 5.41 Å². The Morgan fingerprint density at radius 1 is 0.773 bits per heavy atom. The first-order valence-electron chi connectivity index (χ1n) is 8.17. The molecule has 0 N–H and O–H groups in total. The van der Waals surface area contributed by atoms with Crippen LogP contribution < -0.4 is 0 Å². The summed E-state index contributed by atoms with van der Waals surface area (Å²) in [5.41, 5.74) is 3.34. The molecule has 0 aliphatic heterocycles. The Morgan fingerprint density at radius 2 is 1.18 bits per heavy atom. The Hall–Kier alpha value is 0.394. The standard InChI is InChI=1S/C19H30OSi2/c1-19(2,3)18(21(4,5)16-12-8-9-13-16)20-22(6,7)17-14-10-11-15-17/h8-15,18H,1-7H3. The monoisotopic (exact) mass is 330 g/mol. The van der Waals surface area contributed by atoms with Gasteiger partial charge < -0.3 is 4.43 Å². The maximum Gasteiger partial charge on any atom is 0.193 e. The first kappa shape index (κ1) is 18.7. The third-order valence-corrected chi connectivity index (χ3v) is 11.5. The molecule has 2 rings (SSSR count). The summed E-state index contributed by atoms with van der Waals surface area (Å²) >= 11 is 0. The van der Waals surface area contributed by atoms with E-state index in [0.29, 0.717) is 5.73 Å². The molecule has 0 amide bonds. The summed E-state index contributed by atoms with van der Waals surface area (Å²) in [7, 11) is -3.59. The van der Waals surface area contributed by atoms with Gasteiger partial charge in [0.05, 0.1) is 8.07 Å². The van der Waals surface area contributed by atoms with Gasteiger partial charge in [0.15, 0.2) is 8.32 Å². The molecule has 2 aliphatic rings. The maximum atomic E-state index is 6.94. The SMILES string of the molecule is CC(C)(C)C(O[Si](C)(C)[C]1[CH][CH][CH][CH]1)[Si](C)(C)[C]1[CH][CH][CH][CH]1. The third-order valence-electron chi connectivity index (χ3n) is 4.62. The molecule has 2 fully saturated rings. The van der Waals surface area contributed by atoms with E-state index in [1.165, 1.54) is 11.1 Å². The van der Waals surface area contributed by atoms with Crippen LogP contribution in [-0.4, -0.2) is 22.1 Å². The van der Waals surface area contributed by atoms with Gasteiger partial charge in [0.25, 0.3) is 0 Å². The van der Waals surface area contributed by atoms with Crippen LogP contribution in [0.3, 0.4) is 0 Å². The summed E-state index contributed by atoms with van der Waals surface area (Å²) in [6.07, 6.45) is 17.6. The van der Waals surface area contributed by atoms with E-state index in [4.69, 9.17) is 4.43 Å². The topological polar surface area (TPSA) is 9.23 Å². The smallest absolute Gasteiger partial charge is 0.193 e. The molecule has 1 nitrogen and oxygen atoms in total. The fraction of sp³-hybridized carbons (Fsp3) is 0.474. The Labute approximate surface area is 141 Å². The normalized spacial score (nSPS) is 24.1. The summed E-state index contributed by atoms with van der Waals surface area (Å²) in [5, 5.41) is 0. The summed E-state index contributed by atoms with van der Waals surface area (Å²) in [4.78, 5) is 0. The average molecular weight is 331 g/mol. The molecule has 2 saturated carbocycles. The van der Waals surface area contributed by atoms with Gasteiger partial charge in [0, 0.05) is 11.3 Å². The van der Waals surface area contributed by atoms with E-state index in [0.717, 1.165) is 0 Å². The maximum absolute atomic E-state index is 6.94. The van der Waals surface area contributed by atoms with Crippen LogP contribution in [0.1, 0.15) is 20.8 Å². The molecule has 1 unspecified atom stereocenters. The van der Waals surface area contributed by atoms with Gasteiger partial charge in [0.1, 0.15) is 0 Å². The second-order valence-electron chi connectivity index (χ2n) is 8.44. The summed E-state index contributed by atoms with van der Waals surface area (Å²) < 4.78 is 6.94. The average Bonchev–Trinajstić information content (AvgIpc) is 3.06. The first-order chi connectivity index (χ1) is 10.0. The molecule has 0 heterocycles. The lowest BCUT2D eigenvalue weighted by molar-refractivity contribution is 0.140. The molecule has 0 bridgehead atoms. The van der Waals surface area contributed by atoms with Crippen LogP contribution in [-0.2, 0) is 4.43 Å². The van der Waals surface area contributed by atoms with Crippen LogP contribution >= 0.6 is 0 Å². The largest absolute Gasteiger partial charge is 0.416 e. The van der Waals surface area contributed by atoms with Crippen molar-refractivity contribution in [3.8, 4) is 0 Å². The van der Waals surface area contributed by atoms with Crippen molar-refractivity contribution in [3.05, 3.63) is 62.4 Å². The summed E-state index contributed by atoms with van der Waals surface area (Å²) in [6.45, 7) is 16.5. The van der Waals surface area contributed by atoms with Gasteiger partial charge in [-0.25, -0.2) is 0 Å². The Kier molecular flexibility index (Phi) is 5.72. The van der Waals surface area contributed by atoms with Crippen molar-refractivity contribution in [1.29, 1.82) is 0 Å². The Bertz CT molecular complexity index is 358. The highest BCUT2D eigenvalue weighted by Gasteiger charge is 2.50. The van der Waals surface area contributed by atoms with Crippen molar-refractivity contribution in [2.45, 2.75) is 52.7 Å². The van der Waals surface area contributed by atoms with Crippen LogP contribution in [0, 0.1) is 67.9 Å². The van der Waals surface area contributed by atoms with Crippen molar-refractivity contribution >= 4 is 16.4 Å². The fourth-order valence-corrected chi connectivity index (χ4v) is 11.2. The minimum Gasteiger partial charge on any atom is -0.416 e. The van der Waals surface area contributed by atoms with E-state index >= 15 is 0 Å². The molecule has 2 aliphatic carbocycles. The molecular weight excluding hydrogens is 300 g/mol. The highest BCUT2D eigenvalue weighted by molar-refractivity contribution is 6.86. The van der Waals surface area contributed by atoms with E-state index in [1.54, 1.807) is 0 Å². The molecular formula is C19H30OSi2. The van der Waals surface area contributed by atoms with Gasteiger partial charge in [-0.05, 0) is 75.4 Å². The van der Waals surface area contributed by atoms with Crippen molar-refractivity contribution in [1.82, 2.24) is 0 Å². The zero-order valence-corrected chi connectivity index (χ0v) is 17.1. The predicted octanol–water partition coefficient (Wildman–Crippen LogP) is 4.76. The molecule has 10 radical (unpaired) electrons. The lowest BCUT2D eigenvalue weighted by atomic mass is 9.98. The molecule has 0 aromatic carbocycles. The quantitative estimate of drug-likeness (QED) is 0.660. The highest BCUT2D eigenvalue weighted by Crippen LogP contribution is 2.44. The highest BCUT2D eigenvalue weighted by atomic mass is 28.4. The molecule has 0 saturated heterocycles. The van der Waals surface area contributed by atoms with Gasteiger partial charge in [0.2, 0.25) is 0 Å². The molecule has 0 spiro atoms. The number of hydrogen-bond acceptors (Lipinski definition) is 1. The zero-order chi connectivity index (χ0) is 16.6. The van der Waals surface area contributed by atoms with Crippen LogP contribution in [0.4, 0.5) is 0 Å². The van der Waals surface area contributed by atoms with Gasteiger partial charge in [-0.3, -0.25) is 0 Å². The minimum absolute atomic E-state index is 0.143. The second kappa shape index (κ2) is 6.72. The van der Waals surface area contributed by atoms with Crippen molar-refractivity contribution in [2.24, 2.45) is 5.41 Å². The Balaban J connectivity index is 2.19. The van der Waals surface area contributed by atoms with Gasteiger partial charge in [-0.2, -0.15) is 0 Å². The molecule has 22 heavy (non-hydrogen) atoms. The summed E-state index contributed by atoms with van der Waals surface area (Å²) in [6, 6.07) is 0. The van der Waals surface area contributed by atoms with Crippen molar-refractivity contribution in [3.63, 3.8) is 0 Å². The molecule has 3 heteroatoms. The predicted molar refractivity (Wildman–Crippen MR) is 100 cm³/mol. The molecule has 1 atom stereocenters. The van der Waals surface area contributed by atoms with Crippen LogP contribution in [0.15, 0.2) is 0 Å². The number of hydrogen-bond donors (Lipinski definition) is 0. The Morgan fingerprint density at radius 3 is 1.59 bits per heavy atom. The molecule has 0 aromatic rings. The van der Waals surface area contributed by atoms with Crippen molar-refractivity contribution in [2.75, 3.05) is 0 Å². The van der Waals surface area contributed by atoms with Gasteiger partial charge >= 0.3 is 0 Å². The van der Waals surface area contributed by atoms with Crippen molar-refractivity contribution < 1.29 is 4.43 Å². The van der Waals surface area contributed by atoms with Crippen LogP contribution in [0.5, 0.6) is 0 Å². The van der Waals surface area contributed by atoms with Crippen LogP contribution in [0.25, 0.3) is 0 Å². The number of rotatable bonds is 5. The van der Waals surface area contributed by atoms with Gasteiger partial charge in [-0.15, -0.1) is 0 Å². The van der Waals surface area contributed by atoms with Crippen LogP contribution in [0.2, 0.25) is 26.2 Å². The molecule has 0 aromatic heterocycles. The summed E-state index contributed by atoms with van der Waals surface area (Å²) in [5.74, 6) is 0. The van der Waals surface area contributed by atoms with E-state index in [9.17, 15) is 0 Å². The lowest BCUT2D eigenvalue weighted by Gasteiger charge is -2.48. The lowest BCUT2D eigenvalue weighted by Crippen LogP contribution is -2.59. The third kappa shape index (κ3) is 4.07. The fourth-order valence-electron chi connectivity index (χ4n) is 3.50. The van der Waals surface area contributed by atoms with E-state index in [2.05, 4.69) is 98.3 Å². The zero-order valence-electron chi connectivity index (χ0n) is 15.1. The first-order valence-corrected chi connectivity index (χ1v) is 14.2.